The van der Waals surface area contributed by atoms with Crippen molar-refractivity contribution in [1.82, 2.24) is 15.6 Å². The number of hydrogen-bond donors (Lipinski definition) is 2. The molecule has 2 N–H and O–H groups in total. The molecule has 1 heterocycles. The second-order valence-electron chi connectivity index (χ2n) is 3.36. The van der Waals surface area contributed by atoms with Gasteiger partial charge in [0.15, 0.2) is 0 Å². The number of nitrogens with zero attached hydrogens (tertiary/aromatic N) is 1. The maximum atomic E-state index is 11.1. The fourth-order valence-electron chi connectivity index (χ4n) is 1.18. The van der Waals surface area contributed by atoms with Crippen molar-refractivity contribution in [3.63, 3.8) is 0 Å². The van der Waals surface area contributed by atoms with E-state index in [1.807, 2.05) is 32.2 Å². The van der Waals surface area contributed by atoms with Crippen LogP contribution in [0.1, 0.15) is 18.2 Å². The van der Waals surface area contributed by atoms with Crippen molar-refractivity contribution >= 4 is 5.91 Å². The summed E-state index contributed by atoms with van der Waals surface area (Å²) in [4.78, 5) is 15.3. The van der Waals surface area contributed by atoms with Crippen LogP contribution in [-0.2, 0) is 11.3 Å². The molecule has 4 heteroatoms. The number of amides is 1. The van der Waals surface area contributed by atoms with Gasteiger partial charge in [-0.1, -0.05) is 6.07 Å². The molecule has 1 aromatic heterocycles. The highest BCUT2D eigenvalue weighted by molar-refractivity contribution is 5.77. The van der Waals surface area contributed by atoms with Crippen molar-refractivity contribution in [2.45, 2.75) is 20.4 Å². The van der Waals surface area contributed by atoms with Crippen LogP contribution < -0.4 is 10.6 Å². The van der Waals surface area contributed by atoms with Crippen molar-refractivity contribution in [2.75, 3.05) is 13.1 Å². The number of nitrogens with one attached hydrogen (secondary N) is 2. The smallest absolute Gasteiger partial charge is 0.233 e. The summed E-state index contributed by atoms with van der Waals surface area (Å²) in [6.45, 7) is 5.55. The third-order valence-electron chi connectivity index (χ3n) is 1.96. The molecule has 0 fully saturated rings. The Morgan fingerprint density at radius 3 is 2.87 bits per heavy atom. The van der Waals surface area contributed by atoms with E-state index < -0.39 is 0 Å². The molecule has 4 nitrogen and oxygen atoms in total. The van der Waals surface area contributed by atoms with E-state index >= 15 is 0 Å². The van der Waals surface area contributed by atoms with Gasteiger partial charge in [0.2, 0.25) is 5.91 Å². The summed E-state index contributed by atoms with van der Waals surface area (Å²) in [5.41, 5.74) is 2.09. The van der Waals surface area contributed by atoms with Crippen molar-refractivity contribution < 1.29 is 4.79 Å². The molecule has 1 aromatic rings. The van der Waals surface area contributed by atoms with E-state index in [1.54, 1.807) is 0 Å². The zero-order valence-corrected chi connectivity index (χ0v) is 9.21. The topological polar surface area (TPSA) is 54.0 Å². The van der Waals surface area contributed by atoms with Crippen LogP contribution in [0.2, 0.25) is 0 Å². The van der Waals surface area contributed by atoms with Gasteiger partial charge in [0.1, 0.15) is 0 Å². The summed E-state index contributed by atoms with van der Waals surface area (Å²) in [7, 11) is 0. The van der Waals surface area contributed by atoms with Crippen LogP contribution in [0.4, 0.5) is 0 Å². The van der Waals surface area contributed by atoms with Gasteiger partial charge in [0.05, 0.1) is 6.54 Å². The molecule has 0 aliphatic rings. The normalized spacial score (nSPS) is 10.0. The molecular formula is C11H17N3O. The minimum absolute atomic E-state index is 0.0255. The number of aryl methyl sites for hydroxylation is 1. The maximum absolute atomic E-state index is 11.1. The highest BCUT2D eigenvalue weighted by Gasteiger charge is 1.98. The van der Waals surface area contributed by atoms with Crippen LogP contribution in [0, 0.1) is 6.92 Å². The van der Waals surface area contributed by atoms with Gasteiger partial charge in [-0.15, -0.1) is 0 Å². The van der Waals surface area contributed by atoms with Crippen molar-refractivity contribution in [3.8, 4) is 0 Å². The van der Waals surface area contributed by atoms with Gasteiger partial charge in [-0.2, -0.15) is 0 Å². The number of carbonyl (C=O) groups is 1. The lowest BCUT2D eigenvalue weighted by Crippen LogP contribution is -2.33. The zero-order chi connectivity index (χ0) is 11.1. The minimum atomic E-state index is 0.0255. The fraction of sp³-hybridized carbons (Fsp3) is 0.455. The van der Waals surface area contributed by atoms with Crippen LogP contribution in [0.5, 0.6) is 0 Å². The number of rotatable bonds is 5. The van der Waals surface area contributed by atoms with Crippen molar-refractivity contribution in [3.05, 3.63) is 29.6 Å². The fourth-order valence-corrected chi connectivity index (χ4v) is 1.18. The standard InChI is InChI=1S/C11H17N3O/c1-3-13-11(15)8-12-6-10-5-4-9(2)14-7-10/h4-5,7,12H,3,6,8H2,1-2H3,(H,13,15). The first-order chi connectivity index (χ1) is 7.22. The molecule has 0 unspecified atom stereocenters. The van der Waals surface area contributed by atoms with Crippen LogP contribution >= 0.6 is 0 Å². The molecule has 0 bridgehead atoms. The molecule has 82 valence electrons. The zero-order valence-electron chi connectivity index (χ0n) is 9.21. The Morgan fingerprint density at radius 1 is 1.47 bits per heavy atom. The molecule has 0 saturated carbocycles. The van der Waals surface area contributed by atoms with E-state index in [1.165, 1.54) is 0 Å². The number of hydrogen-bond acceptors (Lipinski definition) is 3. The van der Waals surface area contributed by atoms with Gasteiger partial charge in [-0.05, 0) is 25.5 Å². The third kappa shape index (κ3) is 4.56. The summed E-state index contributed by atoms with van der Waals surface area (Å²) in [5.74, 6) is 0.0255. The predicted molar refractivity (Wildman–Crippen MR) is 59.4 cm³/mol. The van der Waals surface area contributed by atoms with Gasteiger partial charge < -0.3 is 10.6 Å². The molecule has 0 aliphatic heterocycles. The highest BCUT2D eigenvalue weighted by Crippen LogP contribution is 1.97. The van der Waals surface area contributed by atoms with E-state index in [0.29, 0.717) is 19.6 Å². The number of aromatic nitrogens is 1. The molecule has 0 radical (unpaired) electrons. The summed E-state index contributed by atoms with van der Waals surface area (Å²) in [6, 6.07) is 3.97. The first kappa shape index (κ1) is 11.7. The van der Waals surface area contributed by atoms with Crippen LogP contribution in [0.3, 0.4) is 0 Å². The SMILES string of the molecule is CCNC(=O)CNCc1ccc(C)nc1. The summed E-state index contributed by atoms with van der Waals surface area (Å²) < 4.78 is 0. The van der Waals surface area contributed by atoms with E-state index in [0.717, 1.165) is 11.3 Å². The predicted octanol–water partition coefficient (Wildman–Crippen LogP) is 0.616. The number of carbonyl (C=O) groups excluding carboxylic acids is 1. The van der Waals surface area contributed by atoms with Crippen molar-refractivity contribution in [1.29, 1.82) is 0 Å². The molecular weight excluding hydrogens is 190 g/mol. The summed E-state index contributed by atoms with van der Waals surface area (Å²) >= 11 is 0. The molecule has 0 atom stereocenters. The van der Waals surface area contributed by atoms with E-state index in [-0.39, 0.29) is 5.91 Å². The first-order valence-corrected chi connectivity index (χ1v) is 5.11. The molecule has 0 aromatic carbocycles. The minimum Gasteiger partial charge on any atom is -0.355 e. The van der Waals surface area contributed by atoms with E-state index in [9.17, 15) is 4.79 Å². The van der Waals surface area contributed by atoms with Gasteiger partial charge in [0.25, 0.3) is 0 Å². The lowest BCUT2D eigenvalue weighted by atomic mass is 10.2. The third-order valence-corrected chi connectivity index (χ3v) is 1.96. The quantitative estimate of drug-likeness (QED) is 0.744. The van der Waals surface area contributed by atoms with E-state index in [4.69, 9.17) is 0 Å². The molecule has 15 heavy (non-hydrogen) atoms. The van der Waals surface area contributed by atoms with Gasteiger partial charge >= 0.3 is 0 Å². The highest BCUT2D eigenvalue weighted by atomic mass is 16.1. The Hall–Kier alpha value is -1.42. The van der Waals surface area contributed by atoms with Gasteiger partial charge in [0, 0.05) is 25.0 Å². The number of pyridine rings is 1. The van der Waals surface area contributed by atoms with Gasteiger partial charge in [-0.25, -0.2) is 0 Å². The number of likely N-dealkylation sites (N-methyl/N-ethyl adjacent to an activating group) is 1. The van der Waals surface area contributed by atoms with Crippen molar-refractivity contribution in [2.24, 2.45) is 0 Å². The Kier molecular flexibility index (Phi) is 4.77. The Bertz CT molecular complexity index is 308. The molecule has 0 spiro atoms. The average molecular weight is 207 g/mol. The van der Waals surface area contributed by atoms with E-state index in [2.05, 4.69) is 15.6 Å². The first-order valence-electron chi connectivity index (χ1n) is 5.11. The monoisotopic (exact) mass is 207 g/mol. The molecule has 0 saturated heterocycles. The lowest BCUT2D eigenvalue weighted by molar-refractivity contribution is -0.120. The molecule has 1 rings (SSSR count). The Labute approximate surface area is 90.1 Å². The maximum Gasteiger partial charge on any atom is 0.233 e. The van der Waals surface area contributed by atoms with Crippen LogP contribution in [-0.4, -0.2) is 24.0 Å². The Balaban J connectivity index is 2.26. The van der Waals surface area contributed by atoms with Crippen LogP contribution in [0.25, 0.3) is 0 Å². The summed E-state index contributed by atoms with van der Waals surface area (Å²) in [6.07, 6.45) is 1.82. The second-order valence-corrected chi connectivity index (χ2v) is 3.36. The van der Waals surface area contributed by atoms with Gasteiger partial charge in [-0.3, -0.25) is 9.78 Å². The average Bonchev–Trinajstić information content (AvgIpc) is 2.21. The Morgan fingerprint density at radius 2 is 2.27 bits per heavy atom. The largest absolute Gasteiger partial charge is 0.355 e. The second kappa shape index (κ2) is 6.14. The molecule has 1 amide bonds. The van der Waals surface area contributed by atoms with Crippen LogP contribution in [0.15, 0.2) is 18.3 Å². The molecule has 0 aliphatic carbocycles. The lowest BCUT2D eigenvalue weighted by Gasteiger charge is -2.04. The summed E-state index contributed by atoms with van der Waals surface area (Å²) in [5, 5.41) is 5.78.